The minimum absolute atomic E-state index is 0.458. The Hall–Kier alpha value is -0.0300. The van der Waals surface area contributed by atoms with Crippen LogP contribution in [0.1, 0.15) is 0 Å². The van der Waals surface area contributed by atoms with Crippen molar-refractivity contribution in [1.29, 1.82) is 0 Å². The van der Waals surface area contributed by atoms with Crippen LogP contribution in [0.4, 0.5) is 4.79 Å². The van der Waals surface area contributed by atoms with Crippen LogP contribution in [0.5, 0.6) is 0 Å². The molecular formula is C3H7NO2S2. The number of nitrogens with zero attached hydrogens (tertiary/aromatic N) is 1. The fraction of sp³-hybridized carbons (Fsp3) is 0.667. The highest BCUT2D eigenvalue weighted by molar-refractivity contribution is 8.05. The van der Waals surface area contributed by atoms with E-state index in [2.05, 4.69) is 17.6 Å². The molecule has 0 aromatic rings. The number of methoxy groups -OCH3 is 1. The van der Waals surface area contributed by atoms with Gasteiger partial charge in [0.1, 0.15) is 0 Å². The van der Waals surface area contributed by atoms with Crippen molar-refractivity contribution in [2.75, 3.05) is 13.4 Å². The summed E-state index contributed by atoms with van der Waals surface area (Å²) in [7, 11) is 1.31. The Balaban J connectivity index is 3.46. The normalized spacial score (nSPS) is 8.38. The number of carbonyl (C=O) groups is 1. The second-order valence-electron chi connectivity index (χ2n) is 0.926. The zero-order valence-corrected chi connectivity index (χ0v) is 6.33. The molecule has 0 heterocycles. The summed E-state index contributed by atoms with van der Waals surface area (Å²) >= 11 is 4.91. The number of ether oxygens (including phenoxy) is 1. The van der Waals surface area contributed by atoms with Crippen molar-refractivity contribution >= 4 is 30.9 Å². The van der Waals surface area contributed by atoms with Gasteiger partial charge in [-0.25, -0.2) is 4.79 Å². The topological polar surface area (TPSA) is 29.5 Å². The number of hydrogen-bond donors (Lipinski definition) is 1. The summed E-state index contributed by atoms with van der Waals surface area (Å²) in [6, 6.07) is 0. The minimum atomic E-state index is -0.458. The molecule has 5 heteroatoms. The van der Waals surface area contributed by atoms with Gasteiger partial charge in [0.05, 0.1) is 7.11 Å². The lowest BCUT2D eigenvalue weighted by atomic mass is 11.2. The smallest absolute Gasteiger partial charge is 0.429 e. The number of amides is 1. The zero-order chi connectivity index (χ0) is 6.57. The third-order valence-electron chi connectivity index (χ3n) is 0.504. The molecule has 8 heavy (non-hydrogen) atoms. The standard InChI is InChI=1S/C3H7NO2S2/c1-6-3(5)4(7)8-2/h7H,1-2H3. The van der Waals surface area contributed by atoms with Gasteiger partial charge >= 0.3 is 6.09 Å². The van der Waals surface area contributed by atoms with Gasteiger partial charge < -0.3 is 4.74 Å². The van der Waals surface area contributed by atoms with Crippen LogP contribution in [0.25, 0.3) is 0 Å². The van der Waals surface area contributed by atoms with E-state index >= 15 is 0 Å². The average Bonchev–Trinajstić information content (AvgIpc) is 1.84. The lowest BCUT2D eigenvalue weighted by Crippen LogP contribution is -2.12. The molecule has 0 radical (unpaired) electrons. The van der Waals surface area contributed by atoms with Crippen molar-refractivity contribution in [2.24, 2.45) is 0 Å². The number of thiol groups is 1. The zero-order valence-electron chi connectivity index (χ0n) is 4.62. The van der Waals surface area contributed by atoms with Crippen LogP contribution in [0.3, 0.4) is 0 Å². The minimum Gasteiger partial charge on any atom is -0.452 e. The van der Waals surface area contributed by atoms with Crippen LogP contribution in [-0.2, 0) is 4.74 Å². The molecule has 0 bridgehead atoms. The van der Waals surface area contributed by atoms with E-state index in [0.717, 1.165) is 3.71 Å². The first-order valence-electron chi connectivity index (χ1n) is 1.83. The molecular weight excluding hydrogens is 146 g/mol. The molecule has 0 fully saturated rings. The van der Waals surface area contributed by atoms with Crippen molar-refractivity contribution in [3.63, 3.8) is 0 Å². The Labute approximate surface area is 58.1 Å². The van der Waals surface area contributed by atoms with Crippen molar-refractivity contribution in [3.05, 3.63) is 0 Å². The van der Waals surface area contributed by atoms with Crippen LogP contribution in [-0.4, -0.2) is 23.2 Å². The fourth-order valence-corrected chi connectivity index (χ4v) is 0.458. The Morgan fingerprint density at radius 1 is 1.88 bits per heavy atom. The van der Waals surface area contributed by atoms with Gasteiger partial charge in [-0.1, -0.05) is 0 Å². The van der Waals surface area contributed by atoms with Crippen LogP contribution in [0.2, 0.25) is 0 Å². The van der Waals surface area contributed by atoms with Crippen LogP contribution in [0, 0.1) is 0 Å². The number of rotatable bonds is 1. The lowest BCUT2D eigenvalue weighted by Gasteiger charge is -2.07. The molecule has 0 aromatic heterocycles. The van der Waals surface area contributed by atoms with Gasteiger partial charge in [0.2, 0.25) is 0 Å². The Kier molecular flexibility index (Phi) is 3.90. The maximum absolute atomic E-state index is 10.3. The second kappa shape index (κ2) is 3.91. The first kappa shape index (κ1) is 7.97. The van der Waals surface area contributed by atoms with Crippen molar-refractivity contribution in [2.45, 2.75) is 0 Å². The fourth-order valence-electron chi connectivity index (χ4n) is 0.153. The molecule has 0 saturated carbocycles. The summed E-state index contributed by atoms with van der Waals surface area (Å²) in [5.41, 5.74) is 0. The molecule has 0 unspecified atom stereocenters. The average molecular weight is 153 g/mol. The molecule has 0 aliphatic carbocycles. The van der Waals surface area contributed by atoms with Crippen molar-refractivity contribution in [1.82, 2.24) is 3.71 Å². The summed E-state index contributed by atoms with van der Waals surface area (Å²) in [5, 5.41) is 0. The second-order valence-corrected chi connectivity index (χ2v) is 2.33. The molecule has 0 spiro atoms. The molecule has 0 aromatic carbocycles. The molecule has 0 N–H and O–H groups in total. The molecule has 1 amide bonds. The monoisotopic (exact) mass is 153 g/mol. The van der Waals surface area contributed by atoms with Gasteiger partial charge in [0.25, 0.3) is 0 Å². The molecule has 0 saturated heterocycles. The van der Waals surface area contributed by atoms with E-state index in [1.807, 2.05) is 0 Å². The predicted molar refractivity (Wildman–Crippen MR) is 36.7 cm³/mol. The maximum Gasteiger partial charge on any atom is 0.429 e. The quantitative estimate of drug-likeness (QED) is 0.453. The third kappa shape index (κ3) is 2.32. The summed E-state index contributed by atoms with van der Waals surface area (Å²) in [4.78, 5) is 10.3. The summed E-state index contributed by atoms with van der Waals surface area (Å²) in [6.45, 7) is 0. The molecule has 0 rings (SSSR count). The van der Waals surface area contributed by atoms with Crippen molar-refractivity contribution in [3.8, 4) is 0 Å². The highest BCUT2D eigenvalue weighted by Gasteiger charge is 2.04. The lowest BCUT2D eigenvalue weighted by molar-refractivity contribution is 0.167. The van der Waals surface area contributed by atoms with Gasteiger partial charge in [-0.2, -0.15) is 3.71 Å². The number of carbonyl (C=O) groups excluding carboxylic acids is 1. The Bertz CT molecular complexity index is 87.4. The van der Waals surface area contributed by atoms with E-state index in [1.54, 1.807) is 6.26 Å². The molecule has 0 atom stereocenters. The highest BCUT2D eigenvalue weighted by Crippen LogP contribution is 2.08. The van der Waals surface area contributed by atoms with Crippen LogP contribution in [0.15, 0.2) is 0 Å². The molecule has 3 nitrogen and oxygen atoms in total. The van der Waals surface area contributed by atoms with Gasteiger partial charge in [-0.05, 0) is 24.8 Å². The SMILES string of the molecule is COC(=O)N(S)SC. The van der Waals surface area contributed by atoms with E-state index in [4.69, 9.17) is 0 Å². The van der Waals surface area contributed by atoms with Crippen LogP contribution >= 0.6 is 24.8 Å². The Morgan fingerprint density at radius 3 is 2.50 bits per heavy atom. The third-order valence-corrected chi connectivity index (χ3v) is 1.65. The highest BCUT2D eigenvalue weighted by atomic mass is 32.2. The summed E-state index contributed by atoms with van der Waals surface area (Å²) in [6.07, 6.45) is 1.27. The number of hydrogen-bond acceptors (Lipinski definition) is 4. The largest absolute Gasteiger partial charge is 0.452 e. The Morgan fingerprint density at radius 2 is 2.38 bits per heavy atom. The summed E-state index contributed by atoms with van der Waals surface area (Å²) in [5.74, 6) is 0. The molecule has 0 aliphatic rings. The first-order chi connectivity index (χ1) is 3.72. The van der Waals surface area contributed by atoms with Gasteiger partial charge in [-0.3, -0.25) is 0 Å². The van der Waals surface area contributed by atoms with E-state index in [1.165, 1.54) is 19.1 Å². The van der Waals surface area contributed by atoms with E-state index < -0.39 is 6.09 Å². The van der Waals surface area contributed by atoms with E-state index in [-0.39, 0.29) is 0 Å². The van der Waals surface area contributed by atoms with Gasteiger partial charge in [0.15, 0.2) is 0 Å². The van der Waals surface area contributed by atoms with Crippen LogP contribution < -0.4 is 0 Å². The van der Waals surface area contributed by atoms with Gasteiger partial charge in [0, 0.05) is 6.26 Å². The molecule has 48 valence electrons. The van der Waals surface area contributed by atoms with Gasteiger partial charge in [-0.15, -0.1) is 0 Å². The first-order valence-corrected chi connectivity index (χ1v) is 3.41. The van der Waals surface area contributed by atoms with E-state index in [9.17, 15) is 4.79 Å². The molecule has 0 aliphatic heterocycles. The van der Waals surface area contributed by atoms with Crippen molar-refractivity contribution < 1.29 is 9.53 Å². The predicted octanol–water partition coefficient (Wildman–Crippen LogP) is 1.18. The van der Waals surface area contributed by atoms with E-state index in [0.29, 0.717) is 0 Å². The summed E-state index contributed by atoms with van der Waals surface area (Å²) < 4.78 is 5.39. The maximum atomic E-state index is 10.3.